The van der Waals surface area contributed by atoms with Crippen LogP contribution in [0.25, 0.3) is 0 Å². The molecule has 0 spiro atoms. The second-order valence-electron chi connectivity index (χ2n) is 4.59. The first kappa shape index (κ1) is 14.2. The Kier molecular flexibility index (Phi) is 5.36. The maximum atomic E-state index is 11.7. The van der Waals surface area contributed by atoms with Crippen LogP contribution in [0.5, 0.6) is 0 Å². The lowest BCUT2D eigenvalue weighted by Crippen LogP contribution is -2.30. The fourth-order valence-corrected chi connectivity index (χ4v) is 1.80. The molecule has 0 aliphatic heterocycles. The second kappa shape index (κ2) is 6.79. The summed E-state index contributed by atoms with van der Waals surface area (Å²) in [6.45, 7) is 3.62. The van der Waals surface area contributed by atoms with Gasteiger partial charge in [0, 0.05) is 12.4 Å². The number of carbonyl (C=O) groups excluding carboxylic acids is 2. The second-order valence-corrected chi connectivity index (χ2v) is 4.59. The smallest absolute Gasteiger partial charge is 0.220 e. The first-order valence-corrected chi connectivity index (χ1v) is 6.03. The van der Waals surface area contributed by atoms with E-state index in [1.807, 2.05) is 37.3 Å². The highest BCUT2D eigenvalue weighted by atomic mass is 16.4. The first-order chi connectivity index (χ1) is 8.49. The number of benzene rings is 1. The molecule has 1 rings (SSSR count). The van der Waals surface area contributed by atoms with Gasteiger partial charge in [0.25, 0.3) is 0 Å². The molecule has 0 saturated carbocycles. The molecular formula is C14H18NO3-. The van der Waals surface area contributed by atoms with Crippen molar-refractivity contribution in [2.75, 3.05) is 0 Å². The Hall–Kier alpha value is -1.84. The minimum absolute atomic E-state index is 0.0751. The zero-order valence-corrected chi connectivity index (χ0v) is 10.7. The fraction of sp³-hybridized carbons (Fsp3) is 0.429. The van der Waals surface area contributed by atoms with Gasteiger partial charge in [0.1, 0.15) is 0 Å². The highest BCUT2D eigenvalue weighted by molar-refractivity contribution is 5.77. The topological polar surface area (TPSA) is 69.2 Å². The SMILES string of the molecule is C[C@H](CC(=O)[O-])CC(=O)N[C@H](C)c1ccccc1. The molecule has 0 saturated heterocycles. The normalized spacial score (nSPS) is 13.7. The molecule has 98 valence electrons. The highest BCUT2D eigenvalue weighted by Gasteiger charge is 2.12. The van der Waals surface area contributed by atoms with Gasteiger partial charge in [0.2, 0.25) is 5.91 Å². The van der Waals surface area contributed by atoms with E-state index in [4.69, 9.17) is 0 Å². The summed E-state index contributed by atoms with van der Waals surface area (Å²) in [6.07, 6.45) is 0.109. The number of aliphatic carboxylic acids is 1. The van der Waals surface area contributed by atoms with Gasteiger partial charge in [-0.05, 0) is 24.8 Å². The molecule has 1 aromatic rings. The molecule has 18 heavy (non-hydrogen) atoms. The average Bonchev–Trinajstić information content (AvgIpc) is 2.28. The van der Waals surface area contributed by atoms with E-state index >= 15 is 0 Å². The maximum Gasteiger partial charge on any atom is 0.220 e. The summed E-state index contributed by atoms with van der Waals surface area (Å²) in [7, 11) is 0. The lowest BCUT2D eigenvalue weighted by molar-refractivity contribution is -0.306. The summed E-state index contributed by atoms with van der Waals surface area (Å²) >= 11 is 0. The van der Waals surface area contributed by atoms with Crippen LogP contribution in [0.1, 0.15) is 38.3 Å². The Labute approximate surface area is 107 Å². The molecule has 0 bridgehead atoms. The van der Waals surface area contributed by atoms with Crippen molar-refractivity contribution < 1.29 is 14.7 Å². The van der Waals surface area contributed by atoms with Crippen LogP contribution in [0.2, 0.25) is 0 Å². The number of carboxylic acid groups (broad SMARTS) is 1. The molecule has 0 aliphatic carbocycles. The van der Waals surface area contributed by atoms with Crippen molar-refractivity contribution >= 4 is 11.9 Å². The Morgan fingerprint density at radius 3 is 2.33 bits per heavy atom. The van der Waals surface area contributed by atoms with Crippen LogP contribution in [-0.4, -0.2) is 11.9 Å². The summed E-state index contributed by atoms with van der Waals surface area (Å²) in [5.74, 6) is -1.47. The van der Waals surface area contributed by atoms with Crippen LogP contribution >= 0.6 is 0 Å². The number of rotatable bonds is 6. The van der Waals surface area contributed by atoms with E-state index in [-0.39, 0.29) is 30.7 Å². The lowest BCUT2D eigenvalue weighted by Gasteiger charge is -2.16. The summed E-state index contributed by atoms with van der Waals surface area (Å²) < 4.78 is 0. The Bertz CT molecular complexity index is 403. The van der Waals surface area contributed by atoms with Crippen molar-refractivity contribution in [3.63, 3.8) is 0 Å². The van der Waals surface area contributed by atoms with E-state index in [0.717, 1.165) is 5.56 Å². The summed E-state index contributed by atoms with van der Waals surface area (Å²) in [5.41, 5.74) is 1.03. The van der Waals surface area contributed by atoms with Gasteiger partial charge >= 0.3 is 0 Å². The van der Waals surface area contributed by atoms with Gasteiger partial charge in [-0.3, -0.25) is 4.79 Å². The highest BCUT2D eigenvalue weighted by Crippen LogP contribution is 2.13. The molecule has 0 aromatic heterocycles. The van der Waals surface area contributed by atoms with Crippen LogP contribution in [0, 0.1) is 5.92 Å². The van der Waals surface area contributed by atoms with Crippen LogP contribution in [0.15, 0.2) is 30.3 Å². The van der Waals surface area contributed by atoms with Crippen molar-refractivity contribution in [1.29, 1.82) is 0 Å². The van der Waals surface area contributed by atoms with Gasteiger partial charge < -0.3 is 15.2 Å². The Morgan fingerprint density at radius 1 is 1.17 bits per heavy atom. The number of hydrogen-bond donors (Lipinski definition) is 1. The molecule has 2 atom stereocenters. The average molecular weight is 248 g/mol. The summed E-state index contributed by atoms with van der Waals surface area (Å²) in [6, 6.07) is 9.55. The molecule has 1 aromatic carbocycles. The molecule has 0 unspecified atom stereocenters. The maximum absolute atomic E-state index is 11.7. The standard InChI is InChI=1S/C14H19NO3/c1-10(9-14(17)18)8-13(16)15-11(2)12-6-4-3-5-7-12/h3-7,10-11H,8-9H2,1-2H3,(H,15,16)(H,17,18)/p-1/t10-,11+/m0/s1. The van der Waals surface area contributed by atoms with Crippen molar-refractivity contribution in [1.82, 2.24) is 5.32 Å². The predicted molar refractivity (Wildman–Crippen MR) is 66.4 cm³/mol. The van der Waals surface area contributed by atoms with E-state index in [9.17, 15) is 14.7 Å². The largest absolute Gasteiger partial charge is 0.550 e. The van der Waals surface area contributed by atoms with Crippen molar-refractivity contribution in [2.24, 2.45) is 5.92 Å². The quantitative estimate of drug-likeness (QED) is 0.817. The summed E-state index contributed by atoms with van der Waals surface area (Å²) in [4.78, 5) is 22.1. The number of hydrogen-bond acceptors (Lipinski definition) is 3. The fourth-order valence-electron chi connectivity index (χ4n) is 1.80. The van der Waals surface area contributed by atoms with Gasteiger partial charge in [-0.15, -0.1) is 0 Å². The first-order valence-electron chi connectivity index (χ1n) is 6.03. The molecule has 0 fully saturated rings. The van der Waals surface area contributed by atoms with Gasteiger partial charge in [0.15, 0.2) is 0 Å². The molecular weight excluding hydrogens is 230 g/mol. The van der Waals surface area contributed by atoms with E-state index in [2.05, 4.69) is 5.32 Å². The molecule has 1 N–H and O–H groups in total. The third kappa shape index (κ3) is 4.99. The lowest BCUT2D eigenvalue weighted by atomic mass is 10.0. The molecule has 4 nitrogen and oxygen atoms in total. The minimum Gasteiger partial charge on any atom is -0.550 e. The van der Waals surface area contributed by atoms with Crippen LogP contribution in [-0.2, 0) is 9.59 Å². The molecule has 4 heteroatoms. The third-order valence-electron chi connectivity index (χ3n) is 2.73. The van der Waals surface area contributed by atoms with Gasteiger partial charge in [-0.1, -0.05) is 37.3 Å². The predicted octanol–water partition coefficient (Wildman–Crippen LogP) is 1.03. The zero-order chi connectivity index (χ0) is 13.5. The number of carboxylic acids is 1. The zero-order valence-electron chi connectivity index (χ0n) is 10.7. The van der Waals surface area contributed by atoms with Crippen LogP contribution in [0.3, 0.4) is 0 Å². The minimum atomic E-state index is -1.12. The Morgan fingerprint density at radius 2 is 1.78 bits per heavy atom. The van der Waals surface area contributed by atoms with Gasteiger partial charge in [-0.25, -0.2) is 0 Å². The van der Waals surface area contributed by atoms with E-state index in [1.54, 1.807) is 6.92 Å². The Balaban J connectivity index is 2.43. The van der Waals surface area contributed by atoms with Crippen molar-refractivity contribution in [2.45, 2.75) is 32.7 Å². The van der Waals surface area contributed by atoms with E-state index in [0.29, 0.717) is 0 Å². The van der Waals surface area contributed by atoms with E-state index in [1.165, 1.54) is 0 Å². The van der Waals surface area contributed by atoms with Crippen LogP contribution in [0.4, 0.5) is 0 Å². The number of amides is 1. The van der Waals surface area contributed by atoms with Crippen molar-refractivity contribution in [3.05, 3.63) is 35.9 Å². The van der Waals surface area contributed by atoms with Gasteiger partial charge in [0.05, 0.1) is 6.04 Å². The molecule has 1 amide bonds. The van der Waals surface area contributed by atoms with Crippen LogP contribution < -0.4 is 10.4 Å². The van der Waals surface area contributed by atoms with Crippen molar-refractivity contribution in [3.8, 4) is 0 Å². The number of nitrogens with one attached hydrogen (secondary N) is 1. The third-order valence-corrected chi connectivity index (χ3v) is 2.73. The van der Waals surface area contributed by atoms with E-state index < -0.39 is 5.97 Å². The number of carbonyl (C=O) groups is 2. The van der Waals surface area contributed by atoms with Gasteiger partial charge in [-0.2, -0.15) is 0 Å². The molecule has 0 radical (unpaired) electrons. The monoisotopic (exact) mass is 248 g/mol. The molecule has 0 aliphatic rings. The summed E-state index contributed by atoms with van der Waals surface area (Å²) in [5, 5.41) is 13.2. The molecule has 0 heterocycles.